The predicted molar refractivity (Wildman–Crippen MR) is 62.9 cm³/mol. The molecule has 0 aromatic carbocycles. The zero-order chi connectivity index (χ0) is 12.6. The summed E-state index contributed by atoms with van der Waals surface area (Å²) in [5.41, 5.74) is 0. The average Bonchev–Trinajstić information content (AvgIpc) is 2.33. The zero-order valence-corrected chi connectivity index (χ0v) is 10.6. The molecule has 0 aliphatic carbocycles. The molecule has 0 aliphatic rings. The van der Waals surface area contributed by atoms with Crippen LogP contribution in [0.25, 0.3) is 0 Å². The zero-order valence-electron chi connectivity index (χ0n) is 10.6. The summed E-state index contributed by atoms with van der Waals surface area (Å²) in [7, 11) is 0. The number of rotatable bonds is 8. The van der Waals surface area contributed by atoms with Gasteiger partial charge in [-0.2, -0.15) is 0 Å². The highest BCUT2D eigenvalue weighted by Gasteiger charge is 2.25. The lowest BCUT2D eigenvalue weighted by atomic mass is 10.3. The van der Waals surface area contributed by atoms with Crippen LogP contribution in [0.15, 0.2) is 0 Å². The molecule has 5 nitrogen and oxygen atoms in total. The topological polar surface area (TPSA) is 69.6 Å². The summed E-state index contributed by atoms with van der Waals surface area (Å²) < 4.78 is 0.732. The summed E-state index contributed by atoms with van der Waals surface area (Å²) in [6.07, 6.45) is 0. The van der Waals surface area contributed by atoms with Gasteiger partial charge in [0.15, 0.2) is 6.54 Å². The van der Waals surface area contributed by atoms with Crippen LogP contribution in [0.1, 0.15) is 20.8 Å². The van der Waals surface area contributed by atoms with Crippen molar-refractivity contribution in [3.63, 3.8) is 0 Å². The first kappa shape index (κ1) is 15.3. The molecule has 0 unspecified atom stereocenters. The molecule has 0 heterocycles. The minimum Gasteiger partial charge on any atom is -0.394 e. The van der Waals surface area contributed by atoms with Gasteiger partial charge in [-0.05, 0) is 20.8 Å². The maximum Gasteiger partial charge on any atom is 0.275 e. The molecule has 0 saturated heterocycles. The molecule has 0 radical (unpaired) electrons. The standard InChI is InChI=1S/C11H24N2O3/c1-4-13(5-2,6-3)7-11(16)12-10(8-14)9-15/h10,14-15H,4-9H2,1-3H3/p+1. The van der Waals surface area contributed by atoms with E-state index in [0.29, 0.717) is 6.54 Å². The van der Waals surface area contributed by atoms with E-state index in [1.165, 1.54) is 0 Å². The molecular weight excluding hydrogens is 208 g/mol. The van der Waals surface area contributed by atoms with Gasteiger partial charge in [0, 0.05) is 0 Å². The minimum absolute atomic E-state index is 0.112. The first-order valence-electron chi connectivity index (χ1n) is 5.93. The lowest BCUT2D eigenvalue weighted by Crippen LogP contribution is -2.55. The molecule has 0 aliphatic heterocycles. The molecule has 0 atom stereocenters. The van der Waals surface area contributed by atoms with Crippen molar-refractivity contribution >= 4 is 5.91 Å². The third-order valence-corrected chi connectivity index (χ3v) is 3.30. The Labute approximate surface area is 97.7 Å². The van der Waals surface area contributed by atoms with E-state index >= 15 is 0 Å². The Hall–Kier alpha value is -0.650. The number of aliphatic hydroxyl groups excluding tert-OH is 2. The van der Waals surface area contributed by atoms with Gasteiger partial charge in [-0.15, -0.1) is 0 Å². The van der Waals surface area contributed by atoms with Crippen molar-refractivity contribution in [3.05, 3.63) is 0 Å². The summed E-state index contributed by atoms with van der Waals surface area (Å²) >= 11 is 0. The van der Waals surface area contributed by atoms with Crippen LogP contribution in [0, 0.1) is 0 Å². The van der Waals surface area contributed by atoms with Crippen molar-refractivity contribution in [2.24, 2.45) is 0 Å². The maximum absolute atomic E-state index is 11.7. The van der Waals surface area contributed by atoms with Crippen molar-refractivity contribution < 1.29 is 19.5 Å². The van der Waals surface area contributed by atoms with Crippen molar-refractivity contribution in [1.82, 2.24) is 5.32 Å². The molecule has 3 N–H and O–H groups in total. The summed E-state index contributed by atoms with van der Waals surface area (Å²) in [5, 5.41) is 20.3. The highest BCUT2D eigenvalue weighted by atomic mass is 16.3. The first-order chi connectivity index (χ1) is 7.57. The van der Waals surface area contributed by atoms with Crippen molar-refractivity contribution in [2.75, 3.05) is 39.4 Å². The van der Waals surface area contributed by atoms with E-state index in [-0.39, 0.29) is 19.1 Å². The molecule has 0 fully saturated rings. The van der Waals surface area contributed by atoms with Gasteiger partial charge in [-0.3, -0.25) is 4.79 Å². The Bertz CT molecular complexity index is 193. The van der Waals surface area contributed by atoms with Gasteiger partial charge in [0.25, 0.3) is 5.91 Å². The number of nitrogens with zero attached hydrogens (tertiary/aromatic N) is 1. The number of aliphatic hydroxyl groups is 2. The predicted octanol–water partition coefficient (Wildman–Crippen LogP) is -0.668. The smallest absolute Gasteiger partial charge is 0.275 e. The summed E-state index contributed by atoms with van der Waals surface area (Å²) in [5.74, 6) is -0.112. The third kappa shape index (κ3) is 4.47. The largest absolute Gasteiger partial charge is 0.394 e. The van der Waals surface area contributed by atoms with Crippen LogP contribution in [0.4, 0.5) is 0 Å². The van der Waals surface area contributed by atoms with Crippen molar-refractivity contribution in [3.8, 4) is 0 Å². The first-order valence-corrected chi connectivity index (χ1v) is 5.93. The Morgan fingerprint density at radius 2 is 1.56 bits per heavy atom. The number of carbonyl (C=O) groups excluding carboxylic acids is 1. The lowest BCUT2D eigenvalue weighted by Gasteiger charge is -2.35. The molecule has 0 rings (SSSR count). The highest BCUT2D eigenvalue weighted by molar-refractivity contribution is 5.77. The molecule has 1 amide bonds. The van der Waals surface area contributed by atoms with Gasteiger partial charge >= 0.3 is 0 Å². The normalized spacial score (nSPS) is 11.9. The fourth-order valence-corrected chi connectivity index (χ4v) is 1.73. The number of amides is 1. The maximum atomic E-state index is 11.7. The van der Waals surface area contributed by atoms with Crippen molar-refractivity contribution in [2.45, 2.75) is 26.8 Å². The fraction of sp³-hybridized carbons (Fsp3) is 0.909. The Balaban J connectivity index is 4.30. The lowest BCUT2D eigenvalue weighted by molar-refractivity contribution is -0.915. The molecule has 96 valence electrons. The second kappa shape index (κ2) is 7.60. The highest BCUT2D eigenvalue weighted by Crippen LogP contribution is 2.04. The van der Waals surface area contributed by atoms with Gasteiger partial charge in [0.1, 0.15) is 0 Å². The van der Waals surface area contributed by atoms with Gasteiger partial charge in [0.2, 0.25) is 0 Å². The van der Waals surface area contributed by atoms with Crippen LogP contribution in [0.5, 0.6) is 0 Å². The van der Waals surface area contributed by atoms with Gasteiger partial charge in [0.05, 0.1) is 38.9 Å². The number of carbonyl (C=O) groups is 1. The van der Waals surface area contributed by atoms with Gasteiger partial charge < -0.3 is 20.0 Å². The van der Waals surface area contributed by atoms with Gasteiger partial charge in [-0.1, -0.05) is 0 Å². The van der Waals surface area contributed by atoms with Crippen LogP contribution in [-0.4, -0.2) is 66.0 Å². The Morgan fingerprint density at radius 1 is 1.12 bits per heavy atom. The summed E-state index contributed by atoms with van der Waals surface area (Å²) in [6, 6.07) is -0.542. The van der Waals surface area contributed by atoms with Crippen molar-refractivity contribution in [1.29, 1.82) is 0 Å². The quantitative estimate of drug-likeness (QED) is 0.487. The number of likely N-dealkylation sites (N-methyl/N-ethyl adjacent to an activating group) is 1. The van der Waals surface area contributed by atoms with Crippen LogP contribution < -0.4 is 5.32 Å². The second-order valence-electron chi connectivity index (χ2n) is 4.08. The molecular formula is C11H25N2O3+. The summed E-state index contributed by atoms with van der Waals surface area (Å²) in [6.45, 7) is 8.86. The molecule has 0 aromatic heterocycles. The minimum atomic E-state index is -0.542. The molecule has 0 aromatic rings. The van der Waals surface area contributed by atoms with E-state index in [1.807, 2.05) is 0 Å². The van der Waals surface area contributed by atoms with Crippen LogP contribution in [0.3, 0.4) is 0 Å². The average molecular weight is 233 g/mol. The SMILES string of the molecule is CC[N+](CC)(CC)CC(=O)NC(CO)CO. The van der Waals surface area contributed by atoms with Gasteiger partial charge in [-0.25, -0.2) is 0 Å². The molecule has 16 heavy (non-hydrogen) atoms. The van der Waals surface area contributed by atoms with Crippen LogP contribution >= 0.6 is 0 Å². The summed E-state index contributed by atoms with van der Waals surface area (Å²) in [4.78, 5) is 11.7. The Kier molecular flexibility index (Phi) is 7.29. The van der Waals surface area contributed by atoms with E-state index in [0.717, 1.165) is 24.1 Å². The van der Waals surface area contributed by atoms with E-state index in [2.05, 4.69) is 26.1 Å². The fourth-order valence-electron chi connectivity index (χ4n) is 1.73. The Morgan fingerprint density at radius 3 is 1.88 bits per heavy atom. The number of hydrogen-bond acceptors (Lipinski definition) is 3. The third-order valence-electron chi connectivity index (χ3n) is 3.30. The monoisotopic (exact) mass is 233 g/mol. The molecule has 0 spiro atoms. The molecule has 0 bridgehead atoms. The second-order valence-corrected chi connectivity index (χ2v) is 4.08. The van der Waals surface area contributed by atoms with E-state index in [4.69, 9.17) is 10.2 Å². The van der Waals surface area contributed by atoms with E-state index in [9.17, 15) is 4.79 Å². The van der Waals surface area contributed by atoms with E-state index in [1.54, 1.807) is 0 Å². The van der Waals surface area contributed by atoms with Crippen LogP contribution in [0.2, 0.25) is 0 Å². The molecule has 0 saturated carbocycles. The van der Waals surface area contributed by atoms with E-state index < -0.39 is 6.04 Å². The number of quaternary nitrogens is 1. The number of hydrogen-bond donors (Lipinski definition) is 3. The molecule has 5 heteroatoms. The number of nitrogens with one attached hydrogen (secondary N) is 1. The van der Waals surface area contributed by atoms with Crippen LogP contribution in [-0.2, 0) is 4.79 Å².